The summed E-state index contributed by atoms with van der Waals surface area (Å²) in [6.45, 7) is 3.88. The summed E-state index contributed by atoms with van der Waals surface area (Å²) in [7, 11) is 0. The van der Waals surface area contributed by atoms with E-state index in [9.17, 15) is 9.59 Å². The van der Waals surface area contributed by atoms with Crippen LogP contribution in [0.15, 0.2) is 0 Å². The second kappa shape index (κ2) is 5.06. The molecule has 0 aliphatic carbocycles. The molecular weight excluding hydrogens is 214 g/mol. The highest BCUT2D eigenvalue weighted by Gasteiger charge is 2.31. The highest BCUT2D eigenvalue weighted by atomic mass is 32.1. The van der Waals surface area contributed by atoms with E-state index in [0.29, 0.717) is 19.6 Å². The molecule has 0 atom stereocenters. The lowest BCUT2D eigenvalue weighted by Gasteiger charge is -2.33. The van der Waals surface area contributed by atoms with Gasteiger partial charge in [-0.1, -0.05) is 19.1 Å². The third-order valence-electron chi connectivity index (χ3n) is 2.24. The zero-order chi connectivity index (χ0) is 11.4. The Balaban J connectivity index is 2.60. The lowest BCUT2D eigenvalue weighted by molar-refractivity contribution is -0.155. The zero-order valence-corrected chi connectivity index (χ0v) is 9.55. The Morgan fingerprint density at radius 3 is 2.40 bits per heavy atom. The van der Waals surface area contributed by atoms with E-state index in [-0.39, 0.29) is 11.5 Å². The predicted octanol–water partition coefficient (Wildman–Crippen LogP) is -0.647. The standard InChI is InChI=1S/C9H15N3O2S/c1-2-3-11-4-5-12(6-7(10)15)9(14)8(11)13/h2-6H2,1H3,(H2,10,15). The largest absolute Gasteiger partial charge is 0.392 e. The number of nitrogens with two attached hydrogens (primary N) is 1. The average molecular weight is 229 g/mol. The maximum absolute atomic E-state index is 11.6. The highest BCUT2D eigenvalue weighted by molar-refractivity contribution is 7.80. The molecule has 1 saturated heterocycles. The van der Waals surface area contributed by atoms with Crippen LogP contribution in [0.2, 0.25) is 0 Å². The fraction of sp³-hybridized carbons (Fsp3) is 0.667. The van der Waals surface area contributed by atoms with Gasteiger partial charge in [-0.3, -0.25) is 9.59 Å². The minimum atomic E-state index is -0.498. The molecule has 5 nitrogen and oxygen atoms in total. The van der Waals surface area contributed by atoms with Crippen molar-refractivity contribution in [3.05, 3.63) is 0 Å². The summed E-state index contributed by atoms with van der Waals surface area (Å²) in [4.78, 5) is 26.3. The van der Waals surface area contributed by atoms with Crippen molar-refractivity contribution in [3.8, 4) is 0 Å². The van der Waals surface area contributed by atoms with Crippen LogP contribution in [0.4, 0.5) is 0 Å². The van der Waals surface area contributed by atoms with E-state index in [2.05, 4.69) is 0 Å². The molecule has 1 rings (SSSR count). The van der Waals surface area contributed by atoms with Gasteiger partial charge in [-0.2, -0.15) is 0 Å². The third kappa shape index (κ3) is 2.89. The molecule has 84 valence electrons. The van der Waals surface area contributed by atoms with Gasteiger partial charge >= 0.3 is 11.8 Å². The maximum Gasteiger partial charge on any atom is 0.312 e. The second-order valence-electron chi connectivity index (χ2n) is 3.49. The minimum absolute atomic E-state index is 0.194. The van der Waals surface area contributed by atoms with Crippen LogP contribution < -0.4 is 5.73 Å². The first-order valence-electron chi connectivity index (χ1n) is 4.92. The first-order valence-corrected chi connectivity index (χ1v) is 5.33. The number of piperazine rings is 1. The molecule has 1 aliphatic heterocycles. The molecule has 1 heterocycles. The Kier molecular flexibility index (Phi) is 4.02. The molecule has 2 N–H and O–H groups in total. The summed E-state index contributed by atoms with van der Waals surface area (Å²) in [6, 6.07) is 0. The van der Waals surface area contributed by atoms with Crippen molar-refractivity contribution in [3.63, 3.8) is 0 Å². The Morgan fingerprint density at radius 1 is 1.33 bits per heavy atom. The molecular formula is C9H15N3O2S. The van der Waals surface area contributed by atoms with Crippen LogP contribution in [-0.2, 0) is 9.59 Å². The van der Waals surface area contributed by atoms with Gasteiger partial charge in [-0.15, -0.1) is 0 Å². The van der Waals surface area contributed by atoms with Gasteiger partial charge in [0.2, 0.25) is 0 Å². The van der Waals surface area contributed by atoms with Gasteiger partial charge in [0.15, 0.2) is 0 Å². The summed E-state index contributed by atoms with van der Waals surface area (Å²) in [6.07, 6.45) is 0.855. The molecule has 2 amide bonds. The number of carbonyl (C=O) groups is 2. The van der Waals surface area contributed by atoms with Gasteiger partial charge in [0.1, 0.15) is 0 Å². The van der Waals surface area contributed by atoms with E-state index in [0.717, 1.165) is 6.42 Å². The van der Waals surface area contributed by atoms with Crippen LogP contribution in [-0.4, -0.2) is 52.8 Å². The first-order chi connectivity index (χ1) is 7.06. The van der Waals surface area contributed by atoms with Crippen LogP contribution in [0.5, 0.6) is 0 Å². The fourth-order valence-electron chi connectivity index (χ4n) is 1.54. The van der Waals surface area contributed by atoms with E-state index in [1.54, 1.807) is 4.90 Å². The highest BCUT2D eigenvalue weighted by Crippen LogP contribution is 2.05. The molecule has 0 aromatic rings. The SMILES string of the molecule is CCCN1CCN(CC(N)=S)C(=O)C1=O. The minimum Gasteiger partial charge on any atom is -0.392 e. The smallest absolute Gasteiger partial charge is 0.312 e. The number of hydrogen-bond acceptors (Lipinski definition) is 3. The van der Waals surface area contributed by atoms with Crippen molar-refractivity contribution in [2.45, 2.75) is 13.3 Å². The van der Waals surface area contributed by atoms with E-state index in [1.165, 1.54) is 4.90 Å². The van der Waals surface area contributed by atoms with Gasteiger partial charge in [-0.25, -0.2) is 0 Å². The lowest BCUT2D eigenvalue weighted by atomic mass is 10.2. The van der Waals surface area contributed by atoms with Crippen molar-refractivity contribution in [2.24, 2.45) is 5.73 Å². The summed E-state index contributed by atoms with van der Waals surface area (Å²) in [5.41, 5.74) is 5.34. The molecule has 0 aromatic carbocycles. The van der Waals surface area contributed by atoms with Gasteiger partial charge in [0, 0.05) is 19.6 Å². The van der Waals surface area contributed by atoms with Gasteiger partial charge in [-0.05, 0) is 6.42 Å². The normalized spacial score (nSPS) is 17.1. The van der Waals surface area contributed by atoms with Gasteiger partial charge < -0.3 is 15.5 Å². The fourth-order valence-corrected chi connectivity index (χ4v) is 1.69. The quantitative estimate of drug-likeness (QED) is 0.514. The summed E-state index contributed by atoms with van der Waals surface area (Å²) in [5, 5.41) is 0. The third-order valence-corrected chi connectivity index (χ3v) is 2.37. The van der Waals surface area contributed by atoms with Crippen molar-refractivity contribution >= 4 is 29.0 Å². The number of rotatable bonds is 4. The molecule has 0 aromatic heterocycles. The second-order valence-corrected chi connectivity index (χ2v) is 4.01. The zero-order valence-electron chi connectivity index (χ0n) is 8.73. The molecule has 1 fully saturated rings. The van der Waals surface area contributed by atoms with Crippen LogP contribution in [0.25, 0.3) is 0 Å². The summed E-state index contributed by atoms with van der Waals surface area (Å²) < 4.78 is 0. The van der Waals surface area contributed by atoms with Gasteiger partial charge in [0.25, 0.3) is 0 Å². The maximum atomic E-state index is 11.6. The molecule has 15 heavy (non-hydrogen) atoms. The van der Waals surface area contributed by atoms with E-state index in [1.807, 2.05) is 6.92 Å². The molecule has 6 heteroatoms. The van der Waals surface area contributed by atoms with Crippen molar-refractivity contribution in [1.82, 2.24) is 9.80 Å². The topological polar surface area (TPSA) is 66.6 Å². The number of hydrogen-bond donors (Lipinski definition) is 1. The number of nitrogens with zero attached hydrogens (tertiary/aromatic N) is 2. The molecule has 0 saturated carbocycles. The van der Waals surface area contributed by atoms with Crippen LogP contribution in [0.3, 0.4) is 0 Å². The van der Waals surface area contributed by atoms with E-state index >= 15 is 0 Å². The van der Waals surface area contributed by atoms with Crippen molar-refractivity contribution in [2.75, 3.05) is 26.2 Å². The molecule has 0 spiro atoms. The Labute approximate surface area is 94.2 Å². The Bertz CT molecular complexity index is 293. The molecule has 0 radical (unpaired) electrons. The number of thiocarbonyl (C=S) groups is 1. The predicted molar refractivity (Wildman–Crippen MR) is 60.2 cm³/mol. The van der Waals surface area contributed by atoms with E-state index in [4.69, 9.17) is 18.0 Å². The van der Waals surface area contributed by atoms with Crippen molar-refractivity contribution < 1.29 is 9.59 Å². The number of amides is 2. The summed E-state index contributed by atoms with van der Waals surface area (Å²) in [5.74, 6) is -0.943. The molecule has 0 unspecified atom stereocenters. The van der Waals surface area contributed by atoms with E-state index < -0.39 is 11.8 Å². The Hall–Kier alpha value is -1.17. The van der Waals surface area contributed by atoms with Crippen LogP contribution in [0.1, 0.15) is 13.3 Å². The summed E-state index contributed by atoms with van der Waals surface area (Å²) >= 11 is 4.71. The monoisotopic (exact) mass is 229 g/mol. The first kappa shape index (κ1) is 11.9. The number of carbonyl (C=O) groups excluding carboxylic acids is 2. The lowest BCUT2D eigenvalue weighted by Crippen LogP contribution is -2.55. The Morgan fingerprint density at radius 2 is 1.87 bits per heavy atom. The average Bonchev–Trinajstić information content (AvgIpc) is 2.17. The van der Waals surface area contributed by atoms with Crippen molar-refractivity contribution in [1.29, 1.82) is 0 Å². The molecule has 1 aliphatic rings. The van der Waals surface area contributed by atoms with Crippen LogP contribution in [0, 0.1) is 0 Å². The molecule has 0 bridgehead atoms. The van der Waals surface area contributed by atoms with Crippen LogP contribution >= 0.6 is 12.2 Å². The van der Waals surface area contributed by atoms with Gasteiger partial charge in [0.05, 0.1) is 11.5 Å².